The van der Waals surface area contributed by atoms with Crippen molar-refractivity contribution in [1.82, 2.24) is 10.1 Å². The molecule has 6 heteroatoms. The van der Waals surface area contributed by atoms with E-state index in [2.05, 4.69) is 10.1 Å². The molecular weight excluding hydrogens is 238 g/mol. The van der Waals surface area contributed by atoms with Crippen molar-refractivity contribution < 1.29 is 9.26 Å². The van der Waals surface area contributed by atoms with Crippen LogP contribution >= 0.6 is 11.8 Å². The van der Waals surface area contributed by atoms with Crippen LogP contribution in [0.1, 0.15) is 38.1 Å². The minimum atomic E-state index is -0.203. The number of ether oxygens (including phenoxy) is 1. The first-order chi connectivity index (χ1) is 8.04. The molecule has 5 nitrogen and oxygen atoms in total. The Morgan fingerprint density at radius 3 is 3.00 bits per heavy atom. The molecule has 1 aliphatic heterocycles. The molecule has 2 N–H and O–H groups in total. The molecule has 1 fully saturated rings. The highest BCUT2D eigenvalue weighted by Gasteiger charge is 2.22. The van der Waals surface area contributed by atoms with E-state index < -0.39 is 0 Å². The van der Waals surface area contributed by atoms with Crippen molar-refractivity contribution in [3.63, 3.8) is 0 Å². The summed E-state index contributed by atoms with van der Waals surface area (Å²) in [6, 6.07) is 0. The maximum atomic E-state index is 5.92. The molecule has 1 atom stereocenters. The average molecular weight is 257 g/mol. The standard InChI is InChI=1S/C11H19N3O2S/c1-11(2,12)4-3-9-13-10(14-16-9)8-7-17-6-5-15-8/h8H,3-7,12H2,1-2H3. The molecule has 1 saturated heterocycles. The Kier molecular flexibility index (Phi) is 4.06. The molecule has 0 spiro atoms. The third-order valence-corrected chi connectivity index (χ3v) is 3.56. The molecule has 1 aliphatic rings. The van der Waals surface area contributed by atoms with E-state index in [1.165, 1.54) is 0 Å². The van der Waals surface area contributed by atoms with Crippen LogP contribution < -0.4 is 5.73 Å². The summed E-state index contributed by atoms with van der Waals surface area (Å²) in [7, 11) is 0. The summed E-state index contributed by atoms with van der Waals surface area (Å²) < 4.78 is 10.8. The lowest BCUT2D eigenvalue weighted by Crippen LogP contribution is -2.32. The highest BCUT2D eigenvalue weighted by molar-refractivity contribution is 7.99. The Labute approximate surface area is 105 Å². The van der Waals surface area contributed by atoms with Crippen molar-refractivity contribution in [3.05, 3.63) is 11.7 Å². The molecule has 0 bridgehead atoms. The minimum Gasteiger partial charge on any atom is -0.368 e. The number of hydrogen-bond acceptors (Lipinski definition) is 6. The first-order valence-corrected chi connectivity index (χ1v) is 7.01. The maximum absolute atomic E-state index is 5.92. The molecule has 2 rings (SSSR count). The van der Waals surface area contributed by atoms with Crippen molar-refractivity contribution in [1.29, 1.82) is 0 Å². The van der Waals surface area contributed by atoms with Gasteiger partial charge in [-0.05, 0) is 20.3 Å². The van der Waals surface area contributed by atoms with E-state index in [-0.39, 0.29) is 11.6 Å². The van der Waals surface area contributed by atoms with Gasteiger partial charge in [-0.3, -0.25) is 0 Å². The van der Waals surface area contributed by atoms with Gasteiger partial charge in [0, 0.05) is 23.5 Å². The molecule has 1 aromatic rings. The number of nitrogens with two attached hydrogens (primary N) is 1. The summed E-state index contributed by atoms with van der Waals surface area (Å²) in [6.45, 7) is 4.74. The molecule has 0 aromatic carbocycles. The van der Waals surface area contributed by atoms with Crippen LogP contribution in [0.2, 0.25) is 0 Å². The second-order valence-corrected chi connectivity index (χ2v) is 6.12. The number of thioether (sulfide) groups is 1. The lowest BCUT2D eigenvalue weighted by Gasteiger charge is -2.18. The van der Waals surface area contributed by atoms with Crippen LogP contribution in [-0.2, 0) is 11.2 Å². The summed E-state index contributed by atoms with van der Waals surface area (Å²) in [6.07, 6.45) is 1.53. The van der Waals surface area contributed by atoms with Crippen molar-refractivity contribution >= 4 is 11.8 Å². The second kappa shape index (κ2) is 5.37. The van der Waals surface area contributed by atoms with Crippen LogP contribution in [0.4, 0.5) is 0 Å². The molecule has 0 saturated carbocycles. The lowest BCUT2D eigenvalue weighted by atomic mass is 10.0. The van der Waals surface area contributed by atoms with Crippen molar-refractivity contribution in [2.75, 3.05) is 18.1 Å². The highest BCUT2D eigenvalue weighted by atomic mass is 32.2. The number of nitrogens with zero attached hydrogens (tertiary/aromatic N) is 2. The van der Waals surface area contributed by atoms with Gasteiger partial charge in [-0.1, -0.05) is 5.16 Å². The minimum absolute atomic E-state index is 0.0165. The summed E-state index contributed by atoms with van der Waals surface area (Å²) in [4.78, 5) is 4.37. The number of aromatic nitrogens is 2. The smallest absolute Gasteiger partial charge is 0.226 e. The molecule has 1 aromatic heterocycles. The Balaban J connectivity index is 1.91. The third kappa shape index (κ3) is 3.97. The third-order valence-electron chi connectivity index (χ3n) is 2.57. The van der Waals surface area contributed by atoms with E-state index in [1.807, 2.05) is 25.6 Å². The van der Waals surface area contributed by atoms with Crippen LogP contribution in [0.25, 0.3) is 0 Å². The number of rotatable bonds is 4. The van der Waals surface area contributed by atoms with E-state index >= 15 is 0 Å². The van der Waals surface area contributed by atoms with Gasteiger partial charge in [-0.25, -0.2) is 0 Å². The normalized spacial score (nSPS) is 21.7. The van der Waals surface area contributed by atoms with E-state index in [0.717, 1.165) is 31.0 Å². The second-order valence-electron chi connectivity index (χ2n) is 4.97. The van der Waals surface area contributed by atoms with Crippen LogP contribution in [-0.4, -0.2) is 33.8 Å². The van der Waals surface area contributed by atoms with Gasteiger partial charge >= 0.3 is 0 Å². The fourth-order valence-corrected chi connectivity index (χ4v) is 2.41. The summed E-state index contributed by atoms with van der Waals surface area (Å²) >= 11 is 1.86. The van der Waals surface area contributed by atoms with Crippen molar-refractivity contribution in [3.8, 4) is 0 Å². The molecule has 17 heavy (non-hydrogen) atoms. The fraction of sp³-hybridized carbons (Fsp3) is 0.818. The van der Waals surface area contributed by atoms with E-state index in [0.29, 0.717) is 11.7 Å². The summed E-state index contributed by atoms with van der Waals surface area (Å²) in [5, 5.41) is 3.98. The summed E-state index contributed by atoms with van der Waals surface area (Å²) in [5.41, 5.74) is 5.71. The molecule has 96 valence electrons. The van der Waals surface area contributed by atoms with Gasteiger partial charge in [0.2, 0.25) is 11.7 Å². The van der Waals surface area contributed by atoms with Crippen LogP contribution in [0.3, 0.4) is 0 Å². The highest BCUT2D eigenvalue weighted by Crippen LogP contribution is 2.24. The lowest BCUT2D eigenvalue weighted by molar-refractivity contribution is 0.0677. The molecule has 1 unspecified atom stereocenters. The van der Waals surface area contributed by atoms with Gasteiger partial charge in [0.15, 0.2) is 0 Å². The topological polar surface area (TPSA) is 74.2 Å². The molecular formula is C11H19N3O2S. The van der Waals surface area contributed by atoms with Gasteiger partial charge < -0.3 is 15.0 Å². The van der Waals surface area contributed by atoms with Crippen molar-refractivity contribution in [2.45, 2.75) is 38.3 Å². The monoisotopic (exact) mass is 257 g/mol. The Bertz CT molecular complexity index is 356. The summed E-state index contributed by atoms with van der Waals surface area (Å²) in [5.74, 6) is 3.27. The Morgan fingerprint density at radius 1 is 1.53 bits per heavy atom. The van der Waals surface area contributed by atoms with Crippen LogP contribution in [0, 0.1) is 0 Å². The Hall–Kier alpha value is -0.590. The molecule has 0 amide bonds. The van der Waals surface area contributed by atoms with Gasteiger partial charge in [-0.2, -0.15) is 16.7 Å². The van der Waals surface area contributed by atoms with E-state index in [9.17, 15) is 0 Å². The van der Waals surface area contributed by atoms with Crippen LogP contribution in [0.5, 0.6) is 0 Å². The predicted octanol–water partition coefficient (Wildman–Crippen LogP) is 1.54. The maximum Gasteiger partial charge on any atom is 0.226 e. The molecule has 2 heterocycles. The Morgan fingerprint density at radius 2 is 2.35 bits per heavy atom. The van der Waals surface area contributed by atoms with Gasteiger partial charge in [0.05, 0.1) is 6.61 Å². The van der Waals surface area contributed by atoms with Gasteiger partial charge in [-0.15, -0.1) is 0 Å². The molecule has 0 aliphatic carbocycles. The van der Waals surface area contributed by atoms with E-state index in [1.54, 1.807) is 0 Å². The molecule has 0 radical (unpaired) electrons. The van der Waals surface area contributed by atoms with Gasteiger partial charge in [0.1, 0.15) is 6.10 Å². The largest absolute Gasteiger partial charge is 0.368 e. The number of hydrogen-bond donors (Lipinski definition) is 1. The SMILES string of the molecule is CC(C)(N)CCc1nc(C2CSCCO2)no1. The fourth-order valence-electron chi connectivity index (χ4n) is 1.57. The first kappa shape index (κ1) is 12.9. The van der Waals surface area contributed by atoms with Crippen molar-refractivity contribution in [2.24, 2.45) is 5.73 Å². The predicted molar refractivity (Wildman–Crippen MR) is 66.9 cm³/mol. The average Bonchev–Trinajstić information content (AvgIpc) is 2.75. The zero-order chi connectivity index (χ0) is 12.3. The van der Waals surface area contributed by atoms with E-state index in [4.69, 9.17) is 15.0 Å². The first-order valence-electron chi connectivity index (χ1n) is 5.85. The number of aryl methyl sites for hydroxylation is 1. The quantitative estimate of drug-likeness (QED) is 0.882. The zero-order valence-electron chi connectivity index (χ0n) is 10.3. The van der Waals surface area contributed by atoms with Gasteiger partial charge in [0.25, 0.3) is 0 Å². The zero-order valence-corrected chi connectivity index (χ0v) is 11.1. The van der Waals surface area contributed by atoms with Crippen LogP contribution in [0.15, 0.2) is 4.52 Å².